The van der Waals surface area contributed by atoms with Crippen molar-refractivity contribution in [3.05, 3.63) is 74.3 Å². The molecule has 1 aromatic carbocycles. The highest BCUT2D eigenvalue weighted by Crippen LogP contribution is 2.31. The fourth-order valence-corrected chi connectivity index (χ4v) is 5.61. The number of fused-ring (bicyclic) bond motifs is 1. The Balaban J connectivity index is 1.55. The van der Waals surface area contributed by atoms with Gasteiger partial charge in [-0.15, -0.1) is 0 Å². The van der Waals surface area contributed by atoms with Gasteiger partial charge in [0.15, 0.2) is 0 Å². The second kappa shape index (κ2) is 8.23. The van der Waals surface area contributed by atoms with Crippen molar-refractivity contribution >= 4 is 44.8 Å². The fraction of sp³-hybridized carbons (Fsp3) is 0.250. The maximum atomic E-state index is 13.0. The fourth-order valence-electron chi connectivity index (χ4n) is 3.45. The number of amides is 1. The van der Waals surface area contributed by atoms with Crippen LogP contribution in [-0.2, 0) is 10.0 Å². The van der Waals surface area contributed by atoms with Crippen LogP contribution in [0.4, 0.5) is 0 Å². The maximum absolute atomic E-state index is 13.0. The van der Waals surface area contributed by atoms with Crippen molar-refractivity contribution in [2.45, 2.75) is 11.8 Å². The van der Waals surface area contributed by atoms with Crippen LogP contribution in [0.15, 0.2) is 52.4 Å². The van der Waals surface area contributed by atoms with Gasteiger partial charge < -0.3 is 4.90 Å². The molecule has 0 spiro atoms. The first-order chi connectivity index (χ1) is 14.7. The summed E-state index contributed by atoms with van der Waals surface area (Å²) in [5.41, 5.74) is 0.790. The molecule has 8 nitrogen and oxygen atoms in total. The van der Waals surface area contributed by atoms with Gasteiger partial charge in [0.2, 0.25) is 10.0 Å². The monoisotopic (exact) mass is 480 g/mol. The van der Waals surface area contributed by atoms with Crippen LogP contribution in [0, 0.1) is 6.92 Å². The van der Waals surface area contributed by atoms with Gasteiger partial charge in [0, 0.05) is 38.6 Å². The molecule has 4 rings (SSSR count). The van der Waals surface area contributed by atoms with E-state index in [0.29, 0.717) is 5.65 Å². The van der Waals surface area contributed by atoms with Gasteiger partial charge in [-0.2, -0.15) is 4.31 Å². The number of hydrogen-bond donors (Lipinski definition) is 0. The molecule has 1 saturated heterocycles. The molecule has 0 radical (unpaired) electrons. The summed E-state index contributed by atoms with van der Waals surface area (Å²) >= 11 is 12.0. The van der Waals surface area contributed by atoms with Crippen LogP contribution in [0.3, 0.4) is 0 Å². The molecule has 31 heavy (non-hydrogen) atoms. The quantitative estimate of drug-likeness (QED) is 0.573. The minimum absolute atomic E-state index is 0.0341. The van der Waals surface area contributed by atoms with Crippen LogP contribution in [0.25, 0.3) is 5.65 Å². The number of sulfonamides is 1. The lowest BCUT2D eigenvalue weighted by atomic mass is 10.2. The molecule has 0 aliphatic carbocycles. The maximum Gasteiger partial charge on any atom is 0.270 e. The Bertz CT molecular complexity index is 1350. The summed E-state index contributed by atoms with van der Waals surface area (Å²) in [5, 5.41) is 0.115. The zero-order chi connectivity index (χ0) is 22.3. The summed E-state index contributed by atoms with van der Waals surface area (Å²) in [6.45, 7) is 2.24. The molecule has 162 valence electrons. The van der Waals surface area contributed by atoms with Crippen LogP contribution in [0.1, 0.15) is 15.9 Å². The van der Waals surface area contributed by atoms with Gasteiger partial charge in [-0.05, 0) is 30.7 Å². The Morgan fingerprint density at radius 2 is 1.77 bits per heavy atom. The number of aromatic nitrogens is 2. The number of nitrogens with zero attached hydrogens (tertiary/aromatic N) is 4. The smallest absolute Gasteiger partial charge is 0.270 e. The van der Waals surface area contributed by atoms with Crippen molar-refractivity contribution in [1.29, 1.82) is 0 Å². The van der Waals surface area contributed by atoms with Crippen LogP contribution in [-0.4, -0.2) is 59.1 Å². The lowest BCUT2D eigenvalue weighted by Gasteiger charge is -2.34. The van der Waals surface area contributed by atoms with Gasteiger partial charge in [0.1, 0.15) is 16.1 Å². The van der Waals surface area contributed by atoms with Crippen molar-refractivity contribution in [3.63, 3.8) is 0 Å². The molecule has 2 aromatic heterocycles. The molecule has 11 heteroatoms. The lowest BCUT2D eigenvalue weighted by molar-refractivity contribution is 0.0695. The van der Waals surface area contributed by atoms with Crippen molar-refractivity contribution in [2.24, 2.45) is 0 Å². The third kappa shape index (κ3) is 3.94. The van der Waals surface area contributed by atoms with Gasteiger partial charge >= 0.3 is 0 Å². The van der Waals surface area contributed by atoms with Crippen molar-refractivity contribution in [3.8, 4) is 0 Å². The average molecular weight is 481 g/mol. The molecule has 0 saturated carbocycles. The number of rotatable bonds is 3. The number of aryl methyl sites for hydroxylation is 1. The molecule has 0 N–H and O–H groups in total. The minimum Gasteiger partial charge on any atom is -0.336 e. The Kier molecular flexibility index (Phi) is 5.78. The van der Waals surface area contributed by atoms with Crippen molar-refractivity contribution < 1.29 is 13.2 Å². The summed E-state index contributed by atoms with van der Waals surface area (Å²) in [4.78, 5) is 31.3. The van der Waals surface area contributed by atoms with E-state index in [4.69, 9.17) is 23.2 Å². The second-order valence-corrected chi connectivity index (χ2v) is 9.85. The van der Waals surface area contributed by atoms with Gasteiger partial charge in [-0.25, -0.2) is 13.4 Å². The van der Waals surface area contributed by atoms with E-state index in [1.54, 1.807) is 12.3 Å². The van der Waals surface area contributed by atoms with Gasteiger partial charge in [0.25, 0.3) is 11.5 Å². The summed E-state index contributed by atoms with van der Waals surface area (Å²) < 4.78 is 28.5. The molecular formula is C20H18Cl2N4O4S. The van der Waals surface area contributed by atoms with Gasteiger partial charge in [0.05, 0.1) is 10.0 Å². The summed E-state index contributed by atoms with van der Waals surface area (Å²) in [7, 11) is -3.87. The predicted molar refractivity (Wildman–Crippen MR) is 117 cm³/mol. The molecule has 0 unspecified atom stereocenters. The zero-order valence-electron chi connectivity index (χ0n) is 16.5. The van der Waals surface area contributed by atoms with Gasteiger partial charge in [-0.3, -0.25) is 14.0 Å². The average Bonchev–Trinajstić information content (AvgIpc) is 2.76. The minimum atomic E-state index is -3.87. The van der Waals surface area contributed by atoms with Crippen molar-refractivity contribution in [2.75, 3.05) is 26.2 Å². The standard InChI is InChI=1S/C20H18Cl2N4O4S/c1-13-5-6-17-23-11-14(20(28)26(17)12-13)19(27)24-7-9-25(10-8-24)31(29,30)16-4-2-3-15(21)18(16)22/h2-6,11-12H,7-10H2,1H3. The SMILES string of the molecule is Cc1ccc2ncc(C(=O)N3CCN(S(=O)(=O)c4cccc(Cl)c4Cl)CC3)c(=O)n2c1. The number of benzene rings is 1. The highest BCUT2D eigenvalue weighted by Gasteiger charge is 2.33. The molecular weight excluding hydrogens is 463 g/mol. The summed E-state index contributed by atoms with van der Waals surface area (Å²) in [6.07, 6.45) is 2.89. The Hall–Kier alpha value is -2.46. The van der Waals surface area contributed by atoms with Crippen LogP contribution >= 0.6 is 23.2 Å². The molecule has 3 heterocycles. The van der Waals surface area contributed by atoms with Crippen LogP contribution in [0.2, 0.25) is 10.0 Å². The normalized spacial score (nSPS) is 15.4. The molecule has 1 amide bonds. The first-order valence-electron chi connectivity index (χ1n) is 9.41. The second-order valence-electron chi connectivity index (χ2n) is 7.16. The van der Waals surface area contributed by atoms with E-state index in [-0.39, 0.29) is 46.7 Å². The zero-order valence-corrected chi connectivity index (χ0v) is 18.8. The molecule has 3 aromatic rings. The van der Waals surface area contributed by atoms with E-state index in [9.17, 15) is 18.0 Å². The third-order valence-electron chi connectivity index (χ3n) is 5.14. The Labute approximate surface area is 188 Å². The van der Waals surface area contributed by atoms with E-state index in [1.807, 2.05) is 13.0 Å². The highest BCUT2D eigenvalue weighted by atomic mass is 35.5. The molecule has 0 atom stereocenters. The number of carbonyl (C=O) groups is 1. The molecule has 1 aliphatic heterocycles. The van der Waals surface area contributed by atoms with Crippen LogP contribution < -0.4 is 5.56 Å². The Morgan fingerprint density at radius 1 is 1.06 bits per heavy atom. The van der Waals surface area contributed by atoms with Crippen molar-refractivity contribution in [1.82, 2.24) is 18.6 Å². The number of piperazine rings is 1. The summed E-state index contributed by atoms with van der Waals surface area (Å²) in [6, 6.07) is 7.95. The largest absolute Gasteiger partial charge is 0.336 e. The molecule has 1 fully saturated rings. The number of carbonyl (C=O) groups excluding carboxylic acids is 1. The summed E-state index contributed by atoms with van der Waals surface area (Å²) in [5.74, 6) is -0.480. The first kappa shape index (κ1) is 21.8. The van der Waals surface area contributed by atoms with E-state index in [0.717, 1.165) is 5.56 Å². The topological polar surface area (TPSA) is 92.1 Å². The number of halogens is 2. The lowest BCUT2D eigenvalue weighted by Crippen LogP contribution is -2.51. The van der Waals surface area contributed by atoms with E-state index >= 15 is 0 Å². The van der Waals surface area contributed by atoms with Gasteiger partial charge in [-0.1, -0.05) is 35.3 Å². The first-order valence-corrected chi connectivity index (χ1v) is 11.6. The highest BCUT2D eigenvalue weighted by molar-refractivity contribution is 7.89. The number of pyridine rings is 1. The molecule has 1 aliphatic rings. The molecule has 0 bridgehead atoms. The third-order valence-corrected chi connectivity index (χ3v) is 8.01. The van der Waals surface area contributed by atoms with E-state index in [2.05, 4.69) is 4.98 Å². The van der Waals surface area contributed by atoms with E-state index in [1.165, 1.54) is 38.0 Å². The van der Waals surface area contributed by atoms with E-state index < -0.39 is 21.5 Å². The number of hydrogen-bond acceptors (Lipinski definition) is 5. The predicted octanol–water partition coefficient (Wildman–Crippen LogP) is 2.46. The van der Waals surface area contributed by atoms with Crippen LogP contribution in [0.5, 0.6) is 0 Å². The Morgan fingerprint density at radius 3 is 2.48 bits per heavy atom.